The van der Waals surface area contributed by atoms with Crippen LogP contribution in [0, 0.1) is 10.8 Å². The molecule has 572 valence electrons. The average molecular weight is 1440 g/mol. The van der Waals surface area contributed by atoms with Crippen molar-refractivity contribution in [1.82, 2.24) is 0 Å². The summed E-state index contributed by atoms with van der Waals surface area (Å²) >= 11 is 0. The summed E-state index contributed by atoms with van der Waals surface area (Å²) in [5.41, 5.74) is 6.74. The number of rotatable bonds is 13. The molecule has 0 radical (unpaired) electrons. The maximum absolute atomic E-state index is 12.5. The molecular weight excluding hydrogens is 1300 g/mol. The largest absolute Gasteiger partial charge is 0.426 e. The van der Waals surface area contributed by atoms with E-state index in [1.54, 1.807) is 20.8 Å². The zero-order chi connectivity index (χ0) is 77.7. The van der Waals surface area contributed by atoms with E-state index in [0.717, 1.165) is 58.0 Å². The van der Waals surface area contributed by atoms with Crippen LogP contribution in [0.25, 0.3) is 75.8 Å². The molecule has 3 N–H and O–H groups in total. The molecule has 7 heteroatoms. The summed E-state index contributed by atoms with van der Waals surface area (Å²) < 4.78 is 11.3. The van der Waals surface area contributed by atoms with Crippen molar-refractivity contribution in [3.05, 3.63) is 265 Å². The van der Waals surface area contributed by atoms with E-state index in [2.05, 4.69) is 220 Å². The first kappa shape index (κ1) is 95.0. The highest BCUT2D eigenvalue weighted by molar-refractivity contribution is 6.07. The Labute approximate surface area is 641 Å². The lowest BCUT2D eigenvalue weighted by Crippen LogP contribution is -2.28. The van der Waals surface area contributed by atoms with Crippen molar-refractivity contribution in [3.8, 4) is 22.6 Å². The van der Waals surface area contributed by atoms with Gasteiger partial charge in [-0.05, 0) is 203 Å². The van der Waals surface area contributed by atoms with Crippen LogP contribution < -0.4 is 9.47 Å². The quantitative estimate of drug-likeness (QED) is 0.0599. The number of aliphatic hydroxyl groups excluding tert-OH is 3. The summed E-state index contributed by atoms with van der Waals surface area (Å²) in [5, 5.41) is 37.2. The van der Waals surface area contributed by atoms with Gasteiger partial charge in [-0.1, -0.05) is 343 Å². The van der Waals surface area contributed by atoms with Crippen molar-refractivity contribution in [2.24, 2.45) is 10.8 Å². The van der Waals surface area contributed by atoms with Crippen LogP contribution in [0.15, 0.2) is 249 Å². The molecule has 12 rings (SSSR count). The second-order valence-electron chi connectivity index (χ2n) is 28.3. The van der Waals surface area contributed by atoms with Gasteiger partial charge in [0.25, 0.3) is 0 Å². The van der Waals surface area contributed by atoms with E-state index in [1.165, 1.54) is 66.6 Å². The Morgan fingerprint density at radius 3 is 0.972 bits per heavy atom. The van der Waals surface area contributed by atoms with Crippen LogP contribution >= 0.6 is 0 Å². The van der Waals surface area contributed by atoms with Gasteiger partial charge in [0, 0.05) is 30.6 Å². The van der Waals surface area contributed by atoms with E-state index in [1.807, 2.05) is 160 Å². The molecule has 0 aromatic heterocycles. The highest BCUT2D eigenvalue weighted by Gasteiger charge is 2.30. The molecule has 0 amide bonds. The molecule has 0 aliphatic heterocycles. The summed E-state index contributed by atoms with van der Waals surface area (Å²) in [4.78, 5) is 24.5. The number of hydrogen-bond acceptors (Lipinski definition) is 7. The standard InChI is InChI=1S/C20H20O2.C19H20.C17H20.C16H18O2.C15H18.3C2H6O.2C2H6.2CH4/c1-4-20(2,3)19(21)22-18-16-11-7-5-9-14(16)13-15-10-6-8-12-17(15)18;1-4-19(2,3)18-16-11-7-5-9-14(16)13-15-10-6-8-12-17(15)18;1-4-17(2,3)16-12-10-15(11-13-16)14-8-6-5-7-9-14;1-4-16(2,3)15(17)18-14-10-9-12-7-5-6-8-13(12)11-14;1-4-15(2,3)14-10-9-12-7-5-6-8-13(12)11-14;3*1-2-3;2*1-2;;/h5-13H,4H2,1-3H3;5-13H,4H2,1-3H3;5-13H,4H2,1-3H3;5-11H,4H2,1-3H3;5-11H,4H2,1-3H3;3*3H,2H2,1H3;2*1-2H3;2*1H4. The summed E-state index contributed by atoms with van der Waals surface area (Å²) in [5.74, 6) is 0.914. The van der Waals surface area contributed by atoms with Crippen molar-refractivity contribution in [2.45, 2.75) is 216 Å². The van der Waals surface area contributed by atoms with Gasteiger partial charge >= 0.3 is 11.9 Å². The summed E-state index contributed by atoms with van der Waals surface area (Å²) in [6.45, 7) is 46.1. The van der Waals surface area contributed by atoms with Crippen molar-refractivity contribution >= 4 is 76.6 Å². The molecule has 0 bridgehead atoms. The first-order chi connectivity index (χ1) is 49.7. The van der Waals surface area contributed by atoms with Gasteiger partial charge in [-0.2, -0.15) is 0 Å². The smallest absolute Gasteiger partial charge is 0.316 e. The number of carbonyl (C=O) groups excluding carboxylic acids is 2. The molecule has 7 nitrogen and oxygen atoms in total. The van der Waals surface area contributed by atoms with Crippen molar-refractivity contribution in [1.29, 1.82) is 0 Å². The summed E-state index contributed by atoms with van der Waals surface area (Å²) in [6, 6.07) is 86.5. The van der Waals surface area contributed by atoms with Crippen LogP contribution in [0.2, 0.25) is 0 Å². The van der Waals surface area contributed by atoms with Crippen LogP contribution in [-0.2, 0) is 25.8 Å². The van der Waals surface area contributed by atoms with Gasteiger partial charge in [-0.25, -0.2) is 0 Å². The summed E-state index contributed by atoms with van der Waals surface area (Å²) in [7, 11) is 0. The first-order valence-corrected chi connectivity index (χ1v) is 37.9. The third-order valence-electron chi connectivity index (χ3n) is 19.1. The maximum Gasteiger partial charge on any atom is 0.316 e. The predicted octanol–water partition coefficient (Wildman–Crippen LogP) is 28.1. The highest BCUT2D eigenvalue weighted by Crippen LogP contribution is 2.40. The van der Waals surface area contributed by atoms with E-state index >= 15 is 0 Å². The van der Waals surface area contributed by atoms with Crippen LogP contribution in [0.5, 0.6) is 11.5 Å². The molecule has 0 fully saturated rings. The van der Waals surface area contributed by atoms with E-state index in [9.17, 15) is 9.59 Å². The predicted molar refractivity (Wildman–Crippen MR) is 466 cm³/mol. The lowest BCUT2D eigenvalue weighted by Gasteiger charge is -2.27. The minimum absolute atomic E-state index is 0. The Hall–Kier alpha value is -8.98. The number of fused-ring (bicyclic) bond motifs is 6. The SMILES string of the molecule is C.C.CC.CC.CCC(C)(C)C(=O)Oc1c2ccccc2cc2ccccc12.CCC(C)(C)C(=O)Oc1ccc2ccccc2c1.CCC(C)(C)c1c2ccccc2cc2ccccc12.CCC(C)(C)c1ccc(-c2ccccc2)cc1.CCC(C)(C)c1ccc2ccccc2c1.CCO.CCO.CCO. The minimum atomic E-state index is -0.488. The third-order valence-corrected chi connectivity index (χ3v) is 19.1. The van der Waals surface area contributed by atoms with Gasteiger partial charge < -0.3 is 24.8 Å². The topological polar surface area (TPSA) is 113 Å². The Bertz CT molecular complexity index is 4350. The van der Waals surface area contributed by atoms with Gasteiger partial charge in [0.1, 0.15) is 11.5 Å². The van der Waals surface area contributed by atoms with E-state index in [4.69, 9.17) is 24.8 Å². The third kappa shape index (κ3) is 27.7. The monoisotopic (exact) mass is 1440 g/mol. The fraction of sp³-hybridized carbons (Fsp3) is 0.374. The van der Waals surface area contributed by atoms with E-state index < -0.39 is 10.8 Å². The maximum atomic E-state index is 12.5. The van der Waals surface area contributed by atoms with Crippen molar-refractivity contribution in [2.75, 3.05) is 19.8 Å². The Kier molecular flexibility index (Phi) is 42.6. The van der Waals surface area contributed by atoms with Crippen LogP contribution in [-0.4, -0.2) is 47.1 Å². The molecule has 0 atom stereocenters. The minimum Gasteiger partial charge on any atom is -0.426 e. The number of carbonyl (C=O) groups is 2. The molecule has 106 heavy (non-hydrogen) atoms. The van der Waals surface area contributed by atoms with Gasteiger partial charge in [-0.15, -0.1) is 0 Å². The van der Waals surface area contributed by atoms with Crippen molar-refractivity contribution in [3.63, 3.8) is 0 Å². The average Bonchev–Trinajstić information content (AvgIpc) is 0.763. The molecule has 0 spiro atoms. The summed E-state index contributed by atoms with van der Waals surface area (Å²) in [6.07, 6.45) is 4.99. The number of esters is 2. The van der Waals surface area contributed by atoms with Crippen molar-refractivity contribution < 1.29 is 34.4 Å². The Morgan fingerprint density at radius 2 is 0.585 bits per heavy atom. The van der Waals surface area contributed by atoms with Gasteiger partial charge in [0.05, 0.1) is 10.8 Å². The number of ether oxygens (including phenoxy) is 2. The lowest BCUT2D eigenvalue weighted by molar-refractivity contribution is -0.144. The van der Waals surface area contributed by atoms with Crippen LogP contribution in [0.4, 0.5) is 0 Å². The molecule has 0 aliphatic carbocycles. The number of benzene rings is 12. The molecule has 0 unspecified atom stereocenters. The second-order valence-corrected chi connectivity index (χ2v) is 28.3. The zero-order valence-electron chi connectivity index (χ0n) is 67.3. The molecule has 0 saturated carbocycles. The molecular formula is C99H134O7. The Morgan fingerprint density at radius 1 is 0.292 bits per heavy atom. The zero-order valence-corrected chi connectivity index (χ0v) is 67.3. The normalized spacial score (nSPS) is 10.7. The van der Waals surface area contributed by atoms with E-state index in [0.29, 0.717) is 11.5 Å². The Balaban J connectivity index is 0.000000635. The van der Waals surface area contributed by atoms with Crippen LogP contribution in [0.1, 0.15) is 216 Å². The molecule has 0 aliphatic rings. The van der Waals surface area contributed by atoms with Gasteiger partial charge in [0.15, 0.2) is 0 Å². The number of aliphatic hydroxyl groups is 3. The van der Waals surface area contributed by atoms with E-state index in [-0.39, 0.29) is 62.9 Å². The first-order valence-electron chi connectivity index (χ1n) is 37.9. The molecule has 12 aromatic rings. The van der Waals surface area contributed by atoms with Gasteiger partial charge in [0.2, 0.25) is 0 Å². The van der Waals surface area contributed by atoms with Crippen LogP contribution in [0.3, 0.4) is 0 Å². The molecule has 0 saturated heterocycles. The lowest BCUT2D eigenvalue weighted by atomic mass is 9.77. The number of hydrogen-bond donors (Lipinski definition) is 3. The molecule has 0 heterocycles. The highest BCUT2D eigenvalue weighted by atomic mass is 16.5. The fourth-order valence-corrected chi connectivity index (χ4v) is 10.8. The van der Waals surface area contributed by atoms with Gasteiger partial charge in [-0.3, -0.25) is 9.59 Å². The fourth-order valence-electron chi connectivity index (χ4n) is 10.8. The molecule has 12 aromatic carbocycles. The second kappa shape index (κ2) is 47.6.